The highest BCUT2D eigenvalue weighted by Gasteiger charge is 2.22. The van der Waals surface area contributed by atoms with Gasteiger partial charge in [-0.05, 0) is 43.9 Å². The number of hydrogen-bond acceptors (Lipinski definition) is 4. The molecular formula is C20H28ClN3O3. The molecule has 1 aromatic carbocycles. The average Bonchev–Trinajstić information content (AvgIpc) is 2.60. The molecule has 0 saturated heterocycles. The lowest BCUT2D eigenvalue weighted by molar-refractivity contribution is -0.143. The van der Waals surface area contributed by atoms with E-state index in [0.29, 0.717) is 40.8 Å². The number of ether oxygens (including phenoxy) is 1. The first-order chi connectivity index (χ1) is 12.8. The summed E-state index contributed by atoms with van der Waals surface area (Å²) >= 11 is 6.01. The van der Waals surface area contributed by atoms with Crippen molar-refractivity contribution in [2.75, 3.05) is 13.2 Å². The summed E-state index contributed by atoms with van der Waals surface area (Å²) in [4.78, 5) is 34.0. The summed E-state index contributed by atoms with van der Waals surface area (Å²) in [7, 11) is 0. The van der Waals surface area contributed by atoms with Crippen molar-refractivity contribution in [2.45, 2.75) is 53.2 Å². The number of nitrogens with zero attached hydrogens (tertiary/aromatic N) is 2. The van der Waals surface area contributed by atoms with Gasteiger partial charge in [0.2, 0.25) is 0 Å². The first-order valence-corrected chi connectivity index (χ1v) is 9.78. The number of benzene rings is 1. The summed E-state index contributed by atoms with van der Waals surface area (Å²) in [5.74, 6) is 0.859. The zero-order valence-corrected chi connectivity index (χ0v) is 17.2. The predicted octanol–water partition coefficient (Wildman–Crippen LogP) is 3.77. The second-order valence-electron chi connectivity index (χ2n) is 7.13. The molecule has 2 rings (SSSR count). The molecule has 1 aromatic heterocycles. The van der Waals surface area contributed by atoms with Gasteiger partial charge in [-0.3, -0.25) is 9.59 Å². The van der Waals surface area contributed by atoms with Crippen LogP contribution in [0.5, 0.6) is 0 Å². The van der Waals surface area contributed by atoms with E-state index in [9.17, 15) is 9.59 Å². The normalized spacial score (nSPS) is 12.5. The molecule has 148 valence electrons. The highest BCUT2D eigenvalue weighted by molar-refractivity contribution is 6.31. The number of halogens is 1. The molecule has 0 radical (unpaired) electrons. The van der Waals surface area contributed by atoms with Crippen molar-refractivity contribution in [1.82, 2.24) is 14.9 Å². The van der Waals surface area contributed by atoms with Gasteiger partial charge in [-0.15, -0.1) is 0 Å². The Labute approximate surface area is 164 Å². The molecule has 27 heavy (non-hydrogen) atoms. The molecule has 0 bridgehead atoms. The summed E-state index contributed by atoms with van der Waals surface area (Å²) in [5.41, 5.74) is 0.281. The first-order valence-electron chi connectivity index (χ1n) is 9.40. The molecule has 1 amide bonds. The van der Waals surface area contributed by atoms with Crippen LogP contribution in [0.1, 0.15) is 46.4 Å². The van der Waals surface area contributed by atoms with Gasteiger partial charge in [-0.1, -0.05) is 32.4 Å². The second kappa shape index (κ2) is 9.85. The van der Waals surface area contributed by atoms with Gasteiger partial charge in [-0.2, -0.15) is 0 Å². The fourth-order valence-corrected chi connectivity index (χ4v) is 2.93. The van der Waals surface area contributed by atoms with E-state index in [0.717, 1.165) is 12.8 Å². The zero-order chi connectivity index (χ0) is 20.0. The summed E-state index contributed by atoms with van der Waals surface area (Å²) in [6, 6.07) is 4.95. The maximum Gasteiger partial charge on any atom is 0.258 e. The van der Waals surface area contributed by atoms with Crippen LogP contribution in [0.2, 0.25) is 5.02 Å². The molecule has 0 fully saturated rings. The van der Waals surface area contributed by atoms with E-state index in [1.54, 1.807) is 30.0 Å². The van der Waals surface area contributed by atoms with Crippen LogP contribution >= 0.6 is 11.6 Å². The van der Waals surface area contributed by atoms with E-state index in [1.807, 2.05) is 6.92 Å². The van der Waals surface area contributed by atoms with Gasteiger partial charge in [-0.25, -0.2) is 4.98 Å². The number of fused-ring (bicyclic) bond motifs is 1. The number of aromatic amines is 1. The number of hydrogen-bond donors (Lipinski definition) is 1. The number of H-pyrrole nitrogens is 1. The number of aromatic nitrogens is 2. The van der Waals surface area contributed by atoms with Gasteiger partial charge < -0.3 is 14.6 Å². The molecule has 2 aromatic rings. The monoisotopic (exact) mass is 393 g/mol. The van der Waals surface area contributed by atoms with E-state index < -0.39 is 6.10 Å². The van der Waals surface area contributed by atoms with Crippen molar-refractivity contribution in [3.63, 3.8) is 0 Å². The number of nitrogens with one attached hydrogen (secondary N) is 1. The van der Waals surface area contributed by atoms with Crippen molar-refractivity contribution in [3.8, 4) is 0 Å². The molecule has 0 spiro atoms. The Kier molecular flexibility index (Phi) is 7.80. The minimum absolute atomic E-state index is 0.102. The summed E-state index contributed by atoms with van der Waals surface area (Å²) < 4.78 is 5.69. The number of rotatable bonds is 9. The lowest BCUT2D eigenvalue weighted by Crippen LogP contribution is -2.40. The van der Waals surface area contributed by atoms with Crippen molar-refractivity contribution >= 4 is 28.4 Å². The van der Waals surface area contributed by atoms with E-state index in [1.165, 1.54) is 0 Å². The summed E-state index contributed by atoms with van der Waals surface area (Å²) in [6.07, 6.45) is 1.18. The number of carbonyl (C=O) groups excluding carboxylic acids is 1. The maximum absolute atomic E-state index is 12.8. The maximum atomic E-state index is 12.8. The fraction of sp³-hybridized carbons (Fsp3) is 0.550. The molecule has 7 heteroatoms. The Bertz CT molecular complexity index is 835. The summed E-state index contributed by atoms with van der Waals surface area (Å²) in [6.45, 7) is 9.34. The van der Waals surface area contributed by atoms with E-state index in [4.69, 9.17) is 16.3 Å². The molecular weight excluding hydrogens is 366 g/mol. The van der Waals surface area contributed by atoms with E-state index in [2.05, 4.69) is 23.8 Å². The predicted molar refractivity (Wildman–Crippen MR) is 108 cm³/mol. The summed E-state index contributed by atoms with van der Waals surface area (Å²) in [5, 5.41) is 0.988. The third kappa shape index (κ3) is 6.04. The Morgan fingerprint density at radius 3 is 2.74 bits per heavy atom. The van der Waals surface area contributed by atoms with Crippen molar-refractivity contribution in [2.24, 2.45) is 5.92 Å². The van der Waals surface area contributed by atoms with Crippen LogP contribution in [-0.4, -0.2) is 40.0 Å². The van der Waals surface area contributed by atoms with E-state index in [-0.39, 0.29) is 18.0 Å². The standard InChI is InChI=1S/C20H28ClN3O3/c1-5-9-24(20(26)14(4)27-10-8-13(2)3)12-18-22-17-11-15(21)6-7-16(17)19(25)23-18/h6-7,11,13-14H,5,8-10,12H2,1-4H3,(H,22,23,25). The molecule has 1 atom stereocenters. The van der Waals surface area contributed by atoms with Gasteiger partial charge in [0, 0.05) is 18.2 Å². The Hall–Kier alpha value is -1.92. The van der Waals surface area contributed by atoms with Crippen LogP contribution < -0.4 is 5.56 Å². The zero-order valence-electron chi connectivity index (χ0n) is 16.4. The van der Waals surface area contributed by atoms with Gasteiger partial charge in [0.1, 0.15) is 11.9 Å². The molecule has 0 saturated carbocycles. The molecule has 0 aliphatic rings. The van der Waals surface area contributed by atoms with Crippen LogP contribution in [0.15, 0.2) is 23.0 Å². The highest BCUT2D eigenvalue weighted by Crippen LogP contribution is 2.15. The molecule has 1 unspecified atom stereocenters. The number of amides is 1. The first kappa shape index (κ1) is 21.4. The van der Waals surface area contributed by atoms with Crippen molar-refractivity contribution in [1.29, 1.82) is 0 Å². The van der Waals surface area contributed by atoms with E-state index >= 15 is 0 Å². The lowest BCUT2D eigenvalue weighted by Gasteiger charge is -2.25. The molecule has 6 nitrogen and oxygen atoms in total. The van der Waals surface area contributed by atoms with Crippen LogP contribution in [0, 0.1) is 5.92 Å². The smallest absolute Gasteiger partial charge is 0.258 e. The van der Waals surface area contributed by atoms with Gasteiger partial charge >= 0.3 is 0 Å². The molecule has 0 aliphatic heterocycles. The van der Waals surface area contributed by atoms with Crippen LogP contribution in [0.4, 0.5) is 0 Å². The van der Waals surface area contributed by atoms with Crippen LogP contribution in [0.25, 0.3) is 10.9 Å². The minimum Gasteiger partial charge on any atom is -0.369 e. The largest absolute Gasteiger partial charge is 0.369 e. The lowest BCUT2D eigenvalue weighted by atomic mass is 10.1. The third-order valence-corrected chi connectivity index (χ3v) is 4.51. The van der Waals surface area contributed by atoms with Gasteiger partial charge in [0.05, 0.1) is 17.4 Å². The van der Waals surface area contributed by atoms with Crippen LogP contribution in [0.3, 0.4) is 0 Å². The molecule has 1 N–H and O–H groups in total. The molecule has 0 aliphatic carbocycles. The Morgan fingerprint density at radius 2 is 2.07 bits per heavy atom. The number of carbonyl (C=O) groups is 1. The average molecular weight is 394 g/mol. The topological polar surface area (TPSA) is 75.3 Å². The third-order valence-electron chi connectivity index (χ3n) is 4.27. The second-order valence-corrected chi connectivity index (χ2v) is 7.57. The fourth-order valence-electron chi connectivity index (χ4n) is 2.76. The van der Waals surface area contributed by atoms with Crippen molar-refractivity contribution < 1.29 is 9.53 Å². The highest BCUT2D eigenvalue weighted by atomic mass is 35.5. The molecule has 1 heterocycles. The van der Waals surface area contributed by atoms with Crippen molar-refractivity contribution in [3.05, 3.63) is 39.4 Å². The van der Waals surface area contributed by atoms with Gasteiger partial charge in [0.25, 0.3) is 11.5 Å². The van der Waals surface area contributed by atoms with Gasteiger partial charge in [0.15, 0.2) is 0 Å². The quantitative estimate of drug-likeness (QED) is 0.703. The Balaban J connectivity index is 2.16. The van der Waals surface area contributed by atoms with Crippen LogP contribution in [-0.2, 0) is 16.1 Å². The SMILES string of the molecule is CCCN(Cc1nc2cc(Cl)ccc2c(=O)[nH]1)C(=O)C(C)OCCC(C)C. The Morgan fingerprint density at radius 1 is 1.33 bits per heavy atom. The minimum atomic E-state index is -0.531.